The third-order valence-corrected chi connectivity index (χ3v) is 5.98. The molecule has 5 nitrogen and oxygen atoms in total. The van der Waals surface area contributed by atoms with Gasteiger partial charge >= 0.3 is 0 Å². The maximum absolute atomic E-state index is 5.61. The third-order valence-electron chi connectivity index (χ3n) is 2.89. The first-order valence-electron chi connectivity index (χ1n) is 6.03. The number of anilines is 1. The van der Waals surface area contributed by atoms with Crippen molar-refractivity contribution >= 4 is 29.2 Å². The highest BCUT2D eigenvalue weighted by Crippen LogP contribution is 2.41. The van der Waals surface area contributed by atoms with Crippen LogP contribution >= 0.6 is 23.5 Å². The van der Waals surface area contributed by atoms with Crippen LogP contribution in [0.15, 0.2) is 22.9 Å². The number of nitrogens with two attached hydrogens (primary N) is 1. The molecule has 100 valence electrons. The Balaban J connectivity index is 1.84. The summed E-state index contributed by atoms with van der Waals surface area (Å²) in [6.07, 6.45) is 1.59. The van der Waals surface area contributed by atoms with Gasteiger partial charge in [-0.1, -0.05) is 12.1 Å². The van der Waals surface area contributed by atoms with Gasteiger partial charge in [0.25, 0.3) is 5.89 Å². The quantitative estimate of drug-likeness (QED) is 0.912. The number of thioether (sulfide) groups is 2. The van der Waals surface area contributed by atoms with Crippen LogP contribution in [0.1, 0.15) is 18.0 Å². The second-order valence-electron chi connectivity index (χ2n) is 4.30. The van der Waals surface area contributed by atoms with Gasteiger partial charge in [-0.15, -0.1) is 11.8 Å². The lowest BCUT2D eigenvalue weighted by molar-refractivity contribution is 0.420. The second kappa shape index (κ2) is 5.42. The standard InChI is InChI=1S/C12H14N4OS2/c1-7-10(19-5-4-18-7)11-15-12(17-16-11)9-3-2-8(13)6-14-9/h2-3,6-7,10H,4-5,13H2,1H3. The Morgan fingerprint density at radius 1 is 1.32 bits per heavy atom. The highest BCUT2D eigenvalue weighted by molar-refractivity contribution is 8.06. The van der Waals surface area contributed by atoms with Gasteiger partial charge < -0.3 is 10.3 Å². The molecule has 0 aliphatic carbocycles. The van der Waals surface area contributed by atoms with E-state index in [1.165, 1.54) is 5.75 Å². The average Bonchev–Trinajstić information content (AvgIpc) is 2.89. The molecule has 3 heterocycles. The Hall–Kier alpha value is -1.21. The zero-order valence-corrected chi connectivity index (χ0v) is 12.1. The average molecular weight is 294 g/mol. The van der Waals surface area contributed by atoms with Crippen LogP contribution in [0.2, 0.25) is 0 Å². The molecule has 0 bridgehead atoms. The summed E-state index contributed by atoms with van der Waals surface area (Å²) in [6.45, 7) is 2.21. The molecule has 19 heavy (non-hydrogen) atoms. The fourth-order valence-electron chi connectivity index (χ4n) is 1.90. The molecule has 2 unspecified atom stereocenters. The summed E-state index contributed by atoms with van der Waals surface area (Å²) < 4.78 is 5.31. The minimum Gasteiger partial charge on any atom is -0.397 e. The molecule has 0 amide bonds. The number of aromatic nitrogens is 3. The van der Waals surface area contributed by atoms with Gasteiger partial charge in [0.05, 0.1) is 17.1 Å². The van der Waals surface area contributed by atoms with Gasteiger partial charge in [0.15, 0.2) is 5.82 Å². The molecule has 1 fully saturated rings. The molecule has 0 aromatic carbocycles. The van der Waals surface area contributed by atoms with E-state index < -0.39 is 0 Å². The van der Waals surface area contributed by atoms with E-state index in [2.05, 4.69) is 22.0 Å². The van der Waals surface area contributed by atoms with Crippen molar-refractivity contribution in [3.8, 4) is 11.6 Å². The molecule has 2 N–H and O–H groups in total. The van der Waals surface area contributed by atoms with Crippen molar-refractivity contribution in [3.05, 3.63) is 24.2 Å². The Morgan fingerprint density at radius 3 is 2.89 bits per heavy atom. The fraction of sp³-hybridized carbons (Fsp3) is 0.417. The Bertz CT molecular complexity index is 557. The van der Waals surface area contributed by atoms with E-state index in [4.69, 9.17) is 10.3 Å². The summed E-state index contributed by atoms with van der Waals surface area (Å²) in [6, 6.07) is 3.57. The molecule has 0 saturated carbocycles. The topological polar surface area (TPSA) is 77.8 Å². The Labute approximate surface area is 119 Å². The summed E-state index contributed by atoms with van der Waals surface area (Å²) in [4.78, 5) is 8.66. The molecule has 2 atom stereocenters. The summed E-state index contributed by atoms with van der Waals surface area (Å²) in [5.41, 5.74) is 6.89. The van der Waals surface area contributed by atoms with Crippen LogP contribution in [-0.4, -0.2) is 31.9 Å². The van der Waals surface area contributed by atoms with E-state index in [-0.39, 0.29) is 0 Å². The van der Waals surface area contributed by atoms with E-state index in [9.17, 15) is 0 Å². The molecule has 3 rings (SSSR count). The highest BCUT2D eigenvalue weighted by Gasteiger charge is 2.28. The van der Waals surface area contributed by atoms with E-state index >= 15 is 0 Å². The monoisotopic (exact) mass is 294 g/mol. The van der Waals surface area contributed by atoms with E-state index in [1.54, 1.807) is 18.3 Å². The van der Waals surface area contributed by atoms with Crippen molar-refractivity contribution < 1.29 is 4.52 Å². The first-order valence-corrected chi connectivity index (χ1v) is 8.12. The maximum atomic E-state index is 5.61. The van der Waals surface area contributed by atoms with Crippen LogP contribution in [-0.2, 0) is 0 Å². The van der Waals surface area contributed by atoms with Crippen LogP contribution in [0.4, 0.5) is 5.69 Å². The molecular formula is C12H14N4OS2. The number of nitrogens with zero attached hydrogens (tertiary/aromatic N) is 3. The molecule has 1 saturated heterocycles. The predicted octanol–water partition coefficient (Wildman–Crippen LogP) is 2.62. The van der Waals surface area contributed by atoms with Crippen LogP contribution in [0.3, 0.4) is 0 Å². The van der Waals surface area contributed by atoms with Crippen LogP contribution in [0.25, 0.3) is 11.6 Å². The predicted molar refractivity (Wildman–Crippen MR) is 79.1 cm³/mol. The number of hydrogen-bond acceptors (Lipinski definition) is 7. The lowest BCUT2D eigenvalue weighted by Crippen LogP contribution is -2.16. The molecule has 2 aromatic heterocycles. The Kier molecular flexibility index (Phi) is 3.65. The van der Waals surface area contributed by atoms with Crippen molar-refractivity contribution in [2.45, 2.75) is 17.4 Å². The van der Waals surface area contributed by atoms with Gasteiger partial charge in [-0.2, -0.15) is 16.7 Å². The molecule has 1 aliphatic rings. The largest absolute Gasteiger partial charge is 0.397 e. The molecular weight excluding hydrogens is 280 g/mol. The van der Waals surface area contributed by atoms with Gasteiger partial charge in [0, 0.05) is 16.8 Å². The SMILES string of the molecule is CC1SCCSC1c1noc(-c2ccc(N)cn2)n1. The molecule has 0 spiro atoms. The maximum Gasteiger partial charge on any atom is 0.276 e. The lowest BCUT2D eigenvalue weighted by Gasteiger charge is -2.24. The Morgan fingerprint density at radius 2 is 2.16 bits per heavy atom. The van der Waals surface area contributed by atoms with Gasteiger partial charge in [-0.3, -0.25) is 0 Å². The van der Waals surface area contributed by atoms with Gasteiger partial charge in [0.2, 0.25) is 0 Å². The number of nitrogen functional groups attached to an aromatic ring is 1. The van der Waals surface area contributed by atoms with Crippen molar-refractivity contribution in [1.29, 1.82) is 0 Å². The van der Waals surface area contributed by atoms with E-state index in [0.29, 0.717) is 27.8 Å². The van der Waals surface area contributed by atoms with E-state index in [1.807, 2.05) is 23.5 Å². The number of rotatable bonds is 2. The first-order chi connectivity index (χ1) is 9.24. The zero-order chi connectivity index (χ0) is 13.2. The summed E-state index contributed by atoms with van der Waals surface area (Å²) >= 11 is 3.84. The van der Waals surface area contributed by atoms with Gasteiger partial charge in [0.1, 0.15) is 5.69 Å². The van der Waals surface area contributed by atoms with Crippen LogP contribution < -0.4 is 5.73 Å². The molecule has 2 aromatic rings. The first kappa shape index (κ1) is 12.8. The normalized spacial score (nSPS) is 23.4. The minimum atomic E-state index is 0.296. The van der Waals surface area contributed by atoms with Gasteiger partial charge in [-0.25, -0.2) is 4.98 Å². The second-order valence-corrected chi connectivity index (χ2v) is 7.04. The van der Waals surface area contributed by atoms with Crippen LogP contribution in [0, 0.1) is 0 Å². The van der Waals surface area contributed by atoms with Crippen molar-refractivity contribution in [3.63, 3.8) is 0 Å². The number of hydrogen-bond donors (Lipinski definition) is 1. The zero-order valence-electron chi connectivity index (χ0n) is 10.4. The lowest BCUT2D eigenvalue weighted by atomic mass is 10.3. The summed E-state index contributed by atoms with van der Waals surface area (Å²) in [7, 11) is 0. The fourth-order valence-corrected chi connectivity index (χ4v) is 4.58. The minimum absolute atomic E-state index is 0.296. The van der Waals surface area contributed by atoms with Crippen molar-refractivity contribution in [2.24, 2.45) is 0 Å². The summed E-state index contributed by atoms with van der Waals surface area (Å²) in [5.74, 6) is 3.53. The third kappa shape index (κ3) is 2.71. The summed E-state index contributed by atoms with van der Waals surface area (Å²) in [5, 5.41) is 4.90. The molecule has 1 aliphatic heterocycles. The number of pyridine rings is 1. The molecule has 7 heteroatoms. The van der Waals surface area contributed by atoms with Gasteiger partial charge in [-0.05, 0) is 12.1 Å². The smallest absolute Gasteiger partial charge is 0.276 e. The van der Waals surface area contributed by atoms with Crippen LogP contribution in [0.5, 0.6) is 0 Å². The highest BCUT2D eigenvalue weighted by atomic mass is 32.2. The van der Waals surface area contributed by atoms with Crippen molar-refractivity contribution in [1.82, 2.24) is 15.1 Å². The molecule has 0 radical (unpaired) electrons. The van der Waals surface area contributed by atoms with E-state index in [0.717, 1.165) is 11.6 Å². The van der Waals surface area contributed by atoms with Crippen molar-refractivity contribution in [2.75, 3.05) is 17.2 Å².